The summed E-state index contributed by atoms with van der Waals surface area (Å²) in [6, 6.07) is 10.3. The van der Waals surface area contributed by atoms with Crippen LogP contribution in [0.5, 0.6) is 5.75 Å². The third-order valence-electron chi connectivity index (χ3n) is 2.59. The van der Waals surface area contributed by atoms with E-state index < -0.39 is 5.82 Å². The van der Waals surface area contributed by atoms with Gasteiger partial charge in [0.1, 0.15) is 12.3 Å². The van der Waals surface area contributed by atoms with Crippen LogP contribution in [0.1, 0.15) is 5.69 Å². The number of benzene rings is 1. The minimum atomic E-state index is -0.415. The zero-order chi connectivity index (χ0) is 13.9. The number of thiophene rings is 1. The molecular formula is C14H9BrFNO2S. The Labute approximate surface area is 127 Å². The van der Waals surface area contributed by atoms with Gasteiger partial charge in [-0.15, -0.1) is 11.3 Å². The van der Waals surface area contributed by atoms with Gasteiger partial charge in [-0.2, -0.15) is 0 Å². The SMILES string of the molecule is Fc1cc(Br)ccc1OCc1cc(-c2cccs2)on1. The first-order valence-corrected chi connectivity index (χ1v) is 7.47. The predicted molar refractivity (Wildman–Crippen MR) is 78.2 cm³/mol. The summed E-state index contributed by atoms with van der Waals surface area (Å²) in [5, 5.41) is 5.87. The first-order chi connectivity index (χ1) is 9.72. The van der Waals surface area contributed by atoms with Gasteiger partial charge < -0.3 is 9.26 Å². The number of hydrogen-bond acceptors (Lipinski definition) is 4. The summed E-state index contributed by atoms with van der Waals surface area (Å²) >= 11 is 4.76. The molecule has 0 atom stereocenters. The lowest BCUT2D eigenvalue weighted by Crippen LogP contribution is -1.97. The molecule has 3 nitrogen and oxygen atoms in total. The molecule has 0 bridgehead atoms. The van der Waals surface area contributed by atoms with Crippen LogP contribution in [0.3, 0.4) is 0 Å². The molecule has 3 aromatic rings. The Hall–Kier alpha value is -1.66. The zero-order valence-electron chi connectivity index (χ0n) is 10.2. The van der Waals surface area contributed by atoms with Crippen LogP contribution < -0.4 is 4.74 Å². The zero-order valence-corrected chi connectivity index (χ0v) is 12.6. The van der Waals surface area contributed by atoms with Gasteiger partial charge in [-0.25, -0.2) is 4.39 Å². The minimum Gasteiger partial charge on any atom is -0.484 e. The first-order valence-electron chi connectivity index (χ1n) is 5.80. The summed E-state index contributed by atoms with van der Waals surface area (Å²) in [7, 11) is 0. The van der Waals surface area contributed by atoms with Crippen LogP contribution in [0.2, 0.25) is 0 Å². The molecule has 102 valence electrons. The maximum atomic E-state index is 13.6. The Bertz CT molecular complexity index is 712. The van der Waals surface area contributed by atoms with Crippen LogP contribution in [0.25, 0.3) is 10.6 Å². The van der Waals surface area contributed by atoms with E-state index in [0.29, 0.717) is 15.9 Å². The average Bonchev–Trinajstić information content (AvgIpc) is 3.08. The van der Waals surface area contributed by atoms with Crippen LogP contribution in [-0.2, 0) is 6.61 Å². The minimum absolute atomic E-state index is 0.160. The lowest BCUT2D eigenvalue weighted by atomic mass is 10.3. The fraction of sp³-hybridized carbons (Fsp3) is 0.0714. The molecule has 0 N–H and O–H groups in total. The van der Waals surface area contributed by atoms with Crippen molar-refractivity contribution in [2.24, 2.45) is 0 Å². The van der Waals surface area contributed by atoms with Crippen molar-refractivity contribution in [1.29, 1.82) is 0 Å². The summed E-state index contributed by atoms with van der Waals surface area (Å²) in [6.07, 6.45) is 0. The second kappa shape index (κ2) is 5.76. The van der Waals surface area contributed by atoms with Gasteiger partial charge >= 0.3 is 0 Å². The molecular weight excluding hydrogens is 345 g/mol. The van der Waals surface area contributed by atoms with Crippen LogP contribution >= 0.6 is 27.3 Å². The summed E-state index contributed by atoms with van der Waals surface area (Å²) in [6.45, 7) is 0.160. The van der Waals surface area contributed by atoms with Crippen molar-refractivity contribution >= 4 is 27.3 Å². The molecule has 0 aliphatic heterocycles. The maximum Gasteiger partial charge on any atom is 0.177 e. The van der Waals surface area contributed by atoms with E-state index in [-0.39, 0.29) is 12.4 Å². The van der Waals surface area contributed by atoms with Crippen LogP contribution in [-0.4, -0.2) is 5.16 Å². The largest absolute Gasteiger partial charge is 0.484 e. The third kappa shape index (κ3) is 2.91. The van der Waals surface area contributed by atoms with Crippen LogP contribution in [0.15, 0.2) is 50.8 Å². The lowest BCUT2D eigenvalue weighted by Gasteiger charge is -2.04. The second-order valence-electron chi connectivity index (χ2n) is 4.02. The van der Waals surface area contributed by atoms with Gasteiger partial charge in [0.05, 0.1) is 4.88 Å². The van der Waals surface area contributed by atoms with Crippen LogP contribution in [0, 0.1) is 5.82 Å². The molecule has 0 saturated carbocycles. The van der Waals surface area contributed by atoms with E-state index in [1.54, 1.807) is 29.5 Å². The normalized spacial score (nSPS) is 10.7. The highest BCUT2D eigenvalue weighted by Crippen LogP contribution is 2.26. The molecule has 0 aliphatic carbocycles. The van der Waals surface area contributed by atoms with Crippen molar-refractivity contribution in [1.82, 2.24) is 5.16 Å². The Kier molecular flexibility index (Phi) is 3.84. The van der Waals surface area contributed by atoms with E-state index in [2.05, 4.69) is 21.1 Å². The fourth-order valence-electron chi connectivity index (χ4n) is 1.66. The molecule has 0 radical (unpaired) electrons. The first kappa shape index (κ1) is 13.3. The van der Waals surface area contributed by atoms with Crippen molar-refractivity contribution in [3.63, 3.8) is 0 Å². The molecule has 0 saturated heterocycles. The van der Waals surface area contributed by atoms with E-state index in [0.717, 1.165) is 4.88 Å². The van der Waals surface area contributed by atoms with Crippen LogP contribution in [0.4, 0.5) is 4.39 Å². The van der Waals surface area contributed by atoms with Gasteiger partial charge in [-0.05, 0) is 29.6 Å². The van der Waals surface area contributed by atoms with Gasteiger partial charge in [0.15, 0.2) is 17.3 Å². The van der Waals surface area contributed by atoms with Gasteiger partial charge in [0.25, 0.3) is 0 Å². The standard InChI is InChI=1S/C14H9BrFNO2S/c15-9-3-4-12(11(16)6-9)18-8-10-7-13(19-17-10)14-2-1-5-20-14/h1-7H,8H2. The van der Waals surface area contributed by atoms with Crippen molar-refractivity contribution in [3.05, 3.63) is 57.8 Å². The van der Waals surface area contributed by atoms with Gasteiger partial charge in [-0.1, -0.05) is 27.2 Å². The summed E-state index contributed by atoms with van der Waals surface area (Å²) in [5.74, 6) is 0.463. The fourth-order valence-corrected chi connectivity index (χ4v) is 2.67. The molecule has 0 unspecified atom stereocenters. The maximum absolute atomic E-state index is 13.6. The molecule has 1 aromatic carbocycles. The smallest absolute Gasteiger partial charge is 0.177 e. The summed E-state index contributed by atoms with van der Waals surface area (Å²) < 4.78 is 24.9. The van der Waals surface area contributed by atoms with E-state index in [1.165, 1.54) is 6.07 Å². The van der Waals surface area contributed by atoms with Gasteiger partial charge in [0, 0.05) is 10.5 Å². The Morgan fingerprint density at radius 3 is 2.95 bits per heavy atom. The molecule has 0 fully saturated rings. The van der Waals surface area contributed by atoms with E-state index in [4.69, 9.17) is 9.26 Å². The highest BCUT2D eigenvalue weighted by molar-refractivity contribution is 9.10. The summed E-state index contributed by atoms with van der Waals surface area (Å²) in [5.41, 5.74) is 0.621. The molecule has 0 aliphatic rings. The molecule has 2 heterocycles. The average molecular weight is 354 g/mol. The lowest BCUT2D eigenvalue weighted by molar-refractivity contribution is 0.276. The highest BCUT2D eigenvalue weighted by Gasteiger charge is 2.09. The van der Waals surface area contributed by atoms with E-state index in [9.17, 15) is 4.39 Å². The molecule has 6 heteroatoms. The van der Waals surface area contributed by atoms with Crippen molar-refractivity contribution in [2.75, 3.05) is 0 Å². The Morgan fingerprint density at radius 2 is 2.20 bits per heavy atom. The number of nitrogens with zero attached hydrogens (tertiary/aromatic N) is 1. The summed E-state index contributed by atoms with van der Waals surface area (Å²) in [4.78, 5) is 0.999. The van der Waals surface area contributed by atoms with Crippen molar-refractivity contribution in [3.8, 4) is 16.4 Å². The van der Waals surface area contributed by atoms with E-state index >= 15 is 0 Å². The third-order valence-corrected chi connectivity index (χ3v) is 3.97. The number of aromatic nitrogens is 1. The molecule has 0 amide bonds. The Morgan fingerprint density at radius 1 is 1.30 bits per heavy atom. The second-order valence-corrected chi connectivity index (χ2v) is 5.89. The van der Waals surface area contributed by atoms with Crippen molar-refractivity contribution < 1.29 is 13.7 Å². The molecule has 2 aromatic heterocycles. The number of ether oxygens (including phenoxy) is 1. The topological polar surface area (TPSA) is 35.3 Å². The monoisotopic (exact) mass is 353 g/mol. The number of rotatable bonds is 4. The van der Waals surface area contributed by atoms with E-state index in [1.807, 2.05) is 17.5 Å². The van der Waals surface area contributed by atoms with Crippen molar-refractivity contribution in [2.45, 2.75) is 6.61 Å². The number of halogens is 2. The molecule has 20 heavy (non-hydrogen) atoms. The molecule has 0 spiro atoms. The van der Waals surface area contributed by atoms with Gasteiger partial charge in [0.2, 0.25) is 0 Å². The Balaban J connectivity index is 1.70. The quantitative estimate of drug-likeness (QED) is 0.670. The molecule has 3 rings (SSSR count). The van der Waals surface area contributed by atoms with Gasteiger partial charge in [-0.3, -0.25) is 0 Å². The predicted octanol–water partition coefficient (Wildman–Crippen LogP) is 4.88. The highest BCUT2D eigenvalue weighted by atomic mass is 79.9. The number of hydrogen-bond donors (Lipinski definition) is 0.